The smallest absolute Gasteiger partial charge is 0.252 e. The van der Waals surface area contributed by atoms with Crippen LogP contribution in [0.2, 0.25) is 0 Å². The molecule has 0 radical (unpaired) electrons. The second-order valence-corrected chi connectivity index (χ2v) is 4.52. The van der Waals surface area contributed by atoms with Crippen molar-refractivity contribution in [3.8, 4) is 0 Å². The van der Waals surface area contributed by atoms with Crippen molar-refractivity contribution in [1.29, 1.82) is 0 Å². The fourth-order valence-corrected chi connectivity index (χ4v) is 2.00. The maximum absolute atomic E-state index is 12.0. The van der Waals surface area contributed by atoms with Gasteiger partial charge in [-0.25, -0.2) is 4.98 Å². The zero-order valence-electron chi connectivity index (χ0n) is 12.3. The molecule has 0 aliphatic heterocycles. The predicted molar refractivity (Wildman–Crippen MR) is 88.6 cm³/mol. The molecule has 1 amide bonds. The minimum Gasteiger partial charge on any atom is -0.352 e. The van der Waals surface area contributed by atoms with Gasteiger partial charge in [0.05, 0.1) is 11.3 Å². The number of pyridine rings is 1. The minimum atomic E-state index is -0.0891. The summed E-state index contributed by atoms with van der Waals surface area (Å²) >= 11 is 0. The number of rotatable bonds is 5. The molecule has 0 atom stereocenters. The zero-order valence-corrected chi connectivity index (χ0v) is 14.0. The number of hydrogen-bond donors (Lipinski definition) is 2. The highest BCUT2D eigenvalue weighted by atomic mass is 35.5. The highest BCUT2D eigenvalue weighted by Crippen LogP contribution is 2.16. The summed E-state index contributed by atoms with van der Waals surface area (Å²) < 4.78 is 1.72. The number of hydrogen-bond acceptors (Lipinski definition) is 4. The van der Waals surface area contributed by atoms with Crippen LogP contribution in [0.15, 0.2) is 12.3 Å². The molecule has 0 spiro atoms. The molecule has 21 heavy (non-hydrogen) atoms. The van der Waals surface area contributed by atoms with Crippen LogP contribution in [0.3, 0.4) is 0 Å². The van der Waals surface area contributed by atoms with Gasteiger partial charge in [-0.2, -0.15) is 5.10 Å². The zero-order chi connectivity index (χ0) is 13.8. The fraction of sp³-hybridized carbons (Fsp3) is 0.462. The Morgan fingerprint density at radius 3 is 2.71 bits per heavy atom. The lowest BCUT2D eigenvalue weighted by Crippen LogP contribution is -2.26. The topological polar surface area (TPSA) is 71.8 Å². The SMILES string of the molecule is CNCCCNC(=O)c1cnc2c(c1)c(C)nn2C.Cl.Cl. The first-order chi connectivity index (χ1) is 9.13. The molecule has 2 heterocycles. The number of nitrogens with one attached hydrogen (secondary N) is 2. The summed E-state index contributed by atoms with van der Waals surface area (Å²) in [5, 5.41) is 11.1. The van der Waals surface area contributed by atoms with Gasteiger partial charge < -0.3 is 10.6 Å². The molecule has 2 N–H and O–H groups in total. The van der Waals surface area contributed by atoms with Crippen molar-refractivity contribution in [1.82, 2.24) is 25.4 Å². The summed E-state index contributed by atoms with van der Waals surface area (Å²) in [5.74, 6) is -0.0891. The van der Waals surface area contributed by atoms with Crippen molar-refractivity contribution in [2.24, 2.45) is 7.05 Å². The van der Waals surface area contributed by atoms with E-state index in [0.29, 0.717) is 12.1 Å². The van der Waals surface area contributed by atoms with Crippen LogP contribution >= 0.6 is 24.8 Å². The predicted octanol–water partition coefficient (Wildman–Crippen LogP) is 1.46. The first-order valence-electron chi connectivity index (χ1n) is 6.35. The third kappa shape index (κ3) is 4.56. The van der Waals surface area contributed by atoms with Gasteiger partial charge in [-0.15, -0.1) is 24.8 Å². The van der Waals surface area contributed by atoms with Gasteiger partial charge in [0.15, 0.2) is 5.65 Å². The Morgan fingerprint density at radius 1 is 1.33 bits per heavy atom. The van der Waals surface area contributed by atoms with E-state index in [1.165, 1.54) is 0 Å². The van der Waals surface area contributed by atoms with Crippen LogP contribution in [0.4, 0.5) is 0 Å². The second-order valence-electron chi connectivity index (χ2n) is 4.52. The molecular formula is C13H21Cl2N5O. The number of halogens is 2. The molecule has 8 heteroatoms. The number of carbonyl (C=O) groups excluding carboxylic acids is 1. The van der Waals surface area contributed by atoms with Gasteiger partial charge in [-0.1, -0.05) is 0 Å². The van der Waals surface area contributed by atoms with E-state index >= 15 is 0 Å². The van der Waals surface area contributed by atoms with Gasteiger partial charge in [-0.05, 0) is 33.0 Å². The third-order valence-corrected chi connectivity index (χ3v) is 3.01. The molecule has 0 fully saturated rings. The van der Waals surface area contributed by atoms with Gasteiger partial charge in [-0.3, -0.25) is 9.48 Å². The van der Waals surface area contributed by atoms with Crippen LogP contribution in [0, 0.1) is 6.92 Å². The lowest BCUT2D eigenvalue weighted by Gasteiger charge is -2.05. The summed E-state index contributed by atoms with van der Waals surface area (Å²) in [6, 6.07) is 1.85. The Labute approximate surface area is 136 Å². The Bertz CT molecular complexity index is 600. The molecular weight excluding hydrogens is 313 g/mol. The van der Waals surface area contributed by atoms with Gasteiger partial charge in [0.2, 0.25) is 0 Å². The van der Waals surface area contributed by atoms with Gasteiger partial charge in [0.25, 0.3) is 5.91 Å². The lowest BCUT2D eigenvalue weighted by molar-refractivity contribution is 0.0953. The number of aromatic nitrogens is 3. The van der Waals surface area contributed by atoms with Crippen LogP contribution in [0.1, 0.15) is 22.5 Å². The monoisotopic (exact) mass is 333 g/mol. The summed E-state index contributed by atoms with van der Waals surface area (Å²) in [6.45, 7) is 3.46. The van der Waals surface area contributed by atoms with Crippen molar-refractivity contribution in [3.05, 3.63) is 23.5 Å². The van der Waals surface area contributed by atoms with Crippen LogP contribution in [0.25, 0.3) is 11.0 Å². The van der Waals surface area contributed by atoms with E-state index in [0.717, 1.165) is 29.7 Å². The molecule has 2 rings (SSSR count). The van der Waals surface area contributed by atoms with Gasteiger partial charge in [0.1, 0.15) is 0 Å². The van der Waals surface area contributed by atoms with Crippen molar-refractivity contribution >= 4 is 41.8 Å². The number of nitrogens with zero attached hydrogens (tertiary/aromatic N) is 3. The number of amides is 1. The van der Waals surface area contributed by atoms with E-state index in [4.69, 9.17) is 0 Å². The number of aryl methyl sites for hydroxylation is 2. The molecule has 2 aromatic rings. The van der Waals surface area contributed by atoms with E-state index < -0.39 is 0 Å². The fourth-order valence-electron chi connectivity index (χ4n) is 2.00. The average molecular weight is 334 g/mol. The molecule has 0 unspecified atom stereocenters. The molecule has 0 aliphatic rings. The molecule has 6 nitrogen and oxygen atoms in total. The van der Waals surface area contributed by atoms with Crippen LogP contribution < -0.4 is 10.6 Å². The van der Waals surface area contributed by atoms with E-state index in [2.05, 4.69) is 20.7 Å². The van der Waals surface area contributed by atoms with Crippen molar-refractivity contribution in [2.75, 3.05) is 20.1 Å². The molecule has 2 aromatic heterocycles. The van der Waals surface area contributed by atoms with Crippen molar-refractivity contribution < 1.29 is 4.79 Å². The highest BCUT2D eigenvalue weighted by molar-refractivity contribution is 5.97. The molecule has 118 valence electrons. The first kappa shape index (κ1) is 19.6. The summed E-state index contributed by atoms with van der Waals surface area (Å²) in [6.07, 6.45) is 2.50. The van der Waals surface area contributed by atoms with E-state index in [9.17, 15) is 4.79 Å². The number of carbonyl (C=O) groups is 1. The summed E-state index contributed by atoms with van der Waals surface area (Å²) in [5.41, 5.74) is 2.26. The summed E-state index contributed by atoms with van der Waals surface area (Å²) in [4.78, 5) is 16.3. The van der Waals surface area contributed by atoms with Gasteiger partial charge >= 0.3 is 0 Å². The second kappa shape index (κ2) is 8.81. The van der Waals surface area contributed by atoms with Crippen LogP contribution in [-0.2, 0) is 7.05 Å². The maximum Gasteiger partial charge on any atom is 0.252 e. The van der Waals surface area contributed by atoms with Crippen LogP contribution in [0.5, 0.6) is 0 Å². The Hall–Kier alpha value is -1.37. The molecule has 0 bridgehead atoms. The lowest BCUT2D eigenvalue weighted by atomic mass is 10.2. The van der Waals surface area contributed by atoms with E-state index in [-0.39, 0.29) is 30.7 Å². The Balaban J connectivity index is 0.00000200. The minimum absolute atomic E-state index is 0. The quantitative estimate of drug-likeness (QED) is 0.812. The van der Waals surface area contributed by atoms with Crippen molar-refractivity contribution in [2.45, 2.75) is 13.3 Å². The maximum atomic E-state index is 12.0. The molecule has 0 aliphatic carbocycles. The average Bonchev–Trinajstić information content (AvgIpc) is 2.69. The molecule has 0 saturated carbocycles. The standard InChI is InChI=1S/C13H19N5O.2ClH/c1-9-11-7-10(8-16-12(11)18(3)17-9)13(19)15-6-4-5-14-2;;/h7-8,14H,4-6H2,1-3H3,(H,15,19);2*1H. The largest absolute Gasteiger partial charge is 0.352 e. The van der Waals surface area contributed by atoms with Gasteiger partial charge in [0, 0.05) is 25.2 Å². The van der Waals surface area contributed by atoms with E-state index in [1.54, 1.807) is 10.9 Å². The normalized spacial score (nSPS) is 9.86. The summed E-state index contributed by atoms with van der Waals surface area (Å²) in [7, 11) is 3.74. The first-order valence-corrected chi connectivity index (χ1v) is 6.35. The van der Waals surface area contributed by atoms with Crippen LogP contribution in [-0.4, -0.2) is 40.8 Å². The number of fused-ring (bicyclic) bond motifs is 1. The Kier molecular flexibility index (Phi) is 8.24. The molecule has 0 saturated heterocycles. The third-order valence-electron chi connectivity index (χ3n) is 3.01. The Morgan fingerprint density at radius 2 is 2.05 bits per heavy atom. The highest BCUT2D eigenvalue weighted by Gasteiger charge is 2.11. The molecule has 0 aromatic carbocycles. The van der Waals surface area contributed by atoms with Crippen molar-refractivity contribution in [3.63, 3.8) is 0 Å². The van der Waals surface area contributed by atoms with E-state index in [1.807, 2.05) is 27.1 Å².